The number of hydrogen-bond donors (Lipinski definition) is 0. The minimum Gasteiger partial charge on any atom is -0.488 e. The van der Waals surface area contributed by atoms with Crippen molar-refractivity contribution in [2.75, 3.05) is 7.11 Å². The predicted molar refractivity (Wildman–Crippen MR) is 87.5 cm³/mol. The van der Waals surface area contributed by atoms with Crippen LogP contribution in [0, 0.1) is 5.92 Å². The Kier molecular flexibility index (Phi) is 5.52. The smallest absolute Gasteiger partial charge is 0.337 e. The predicted octanol–water partition coefficient (Wildman–Crippen LogP) is 4.51. The van der Waals surface area contributed by atoms with E-state index in [0.29, 0.717) is 6.42 Å². The zero-order valence-electron chi connectivity index (χ0n) is 12.5. The van der Waals surface area contributed by atoms with Crippen molar-refractivity contribution >= 4 is 28.6 Å². The minimum atomic E-state index is -0.242. The molecule has 1 atom stereocenters. The Morgan fingerprint density at radius 1 is 1.30 bits per heavy atom. The molecule has 4 heteroatoms. The number of rotatable bonds is 3. The number of ether oxygens (including phenoxy) is 2. The third-order valence-corrected chi connectivity index (χ3v) is 5.45. The lowest BCUT2D eigenvalue weighted by Crippen LogP contribution is -2.12. The van der Waals surface area contributed by atoms with Gasteiger partial charge in [0.15, 0.2) is 0 Å². The first-order valence-electron chi connectivity index (χ1n) is 7.40. The Balaban J connectivity index is 2.17. The number of carbonyl (C=O) groups excluding carboxylic acids is 1. The van der Waals surface area contributed by atoms with Crippen LogP contribution in [-0.4, -0.2) is 19.2 Å². The van der Waals surface area contributed by atoms with E-state index in [2.05, 4.69) is 36.4 Å². The van der Waals surface area contributed by atoms with Crippen LogP contribution in [0.3, 0.4) is 0 Å². The summed E-state index contributed by atoms with van der Waals surface area (Å²) in [6.07, 6.45) is 6.94. The number of methoxy groups -OCH3 is 1. The molecule has 1 fully saturated rings. The molecule has 1 aliphatic heterocycles. The van der Waals surface area contributed by atoms with Crippen LogP contribution < -0.4 is 0 Å². The van der Waals surface area contributed by atoms with Crippen molar-refractivity contribution in [1.29, 1.82) is 0 Å². The van der Waals surface area contributed by atoms with Gasteiger partial charge in [-0.25, -0.2) is 4.79 Å². The fourth-order valence-corrected chi connectivity index (χ4v) is 3.82. The van der Waals surface area contributed by atoms with Gasteiger partial charge in [0.1, 0.15) is 11.9 Å². The minimum absolute atomic E-state index is 0.0233. The van der Waals surface area contributed by atoms with E-state index in [1.165, 1.54) is 48.4 Å². The Hall–Kier alpha value is -0.520. The molecular weight excluding hydrogens is 367 g/mol. The maximum atomic E-state index is 11.9. The molecule has 1 saturated carbocycles. The molecule has 0 saturated heterocycles. The van der Waals surface area contributed by atoms with Gasteiger partial charge in [0.05, 0.1) is 12.7 Å². The van der Waals surface area contributed by atoms with Gasteiger partial charge in [0, 0.05) is 15.9 Å². The lowest BCUT2D eigenvalue weighted by Gasteiger charge is -2.21. The molecule has 112 valence electrons. The highest BCUT2D eigenvalue weighted by Gasteiger charge is 2.34. The summed E-state index contributed by atoms with van der Waals surface area (Å²) in [5, 5.41) is 0. The Morgan fingerprint density at radius 2 is 1.95 bits per heavy atom. The van der Waals surface area contributed by atoms with Gasteiger partial charge in [-0.2, -0.15) is 0 Å². The van der Waals surface area contributed by atoms with Crippen LogP contribution in [0.25, 0.3) is 0 Å². The molecule has 1 aliphatic carbocycles. The first-order chi connectivity index (χ1) is 9.54. The largest absolute Gasteiger partial charge is 0.488 e. The normalized spacial score (nSPS) is 23.1. The van der Waals surface area contributed by atoms with Crippen molar-refractivity contribution in [1.82, 2.24) is 0 Å². The van der Waals surface area contributed by atoms with Crippen LogP contribution in [-0.2, 0) is 14.3 Å². The molecule has 1 heterocycles. The number of halogens is 1. The number of allylic oxidation sites excluding steroid dienone is 2. The summed E-state index contributed by atoms with van der Waals surface area (Å²) >= 11 is 2.42. The molecule has 0 spiro atoms. The molecule has 0 aromatic carbocycles. The SMILES string of the molecule is COC(=O)C1=C(C(C)C)OC(C(I)=C2CCCCC2)C1. The van der Waals surface area contributed by atoms with Crippen molar-refractivity contribution in [3.05, 3.63) is 20.5 Å². The van der Waals surface area contributed by atoms with Crippen molar-refractivity contribution in [2.45, 2.75) is 58.5 Å². The quantitative estimate of drug-likeness (QED) is 0.526. The number of carbonyl (C=O) groups is 1. The van der Waals surface area contributed by atoms with Crippen LogP contribution >= 0.6 is 22.6 Å². The van der Waals surface area contributed by atoms with E-state index in [9.17, 15) is 4.79 Å². The lowest BCUT2D eigenvalue weighted by atomic mass is 9.93. The molecule has 0 aromatic rings. The molecule has 2 rings (SSSR count). The molecule has 2 aliphatic rings. The number of esters is 1. The van der Waals surface area contributed by atoms with E-state index in [-0.39, 0.29) is 18.0 Å². The van der Waals surface area contributed by atoms with Crippen LogP contribution in [0.15, 0.2) is 20.5 Å². The highest BCUT2D eigenvalue weighted by atomic mass is 127. The second kappa shape index (κ2) is 6.96. The van der Waals surface area contributed by atoms with Crippen LogP contribution in [0.2, 0.25) is 0 Å². The summed E-state index contributed by atoms with van der Waals surface area (Å²) in [4.78, 5) is 11.9. The highest BCUT2D eigenvalue weighted by Crippen LogP contribution is 2.39. The van der Waals surface area contributed by atoms with Crippen LogP contribution in [0.4, 0.5) is 0 Å². The van der Waals surface area contributed by atoms with Crippen molar-refractivity contribution in [2.24, 2.45) is 5.92 Å². The van der Waals surface area contributed by atoms with E-state index >= 15 is 0 Å². The van der Waals surface area contributed by atoms with Gasteiger partial charge in [-0.1, -0.05) is 25.8 Å². The molecule has 0 amide bonds. The second-order valence-corrected chi connectivity index (χ2v) is 6.97. The molecule has 0 N–H and O–H groups in total. The Bertz CT molecular complexity index is 441. The standard InChI is InChI=1S/C16H23IO3/c1-10(2)15-12(16(18)19-3)9-13(20-15)14(17)11-7-5-4-6-8-11/h10,13H,4-9H2,1-3H3. The summed E-state index contributed by atoms with van der Waals surface area (Å²) in [5.74, 6) is 0.788. The zero-order valence-corrected chi connectivity index (χ0v) is 14.7. The lowest BCUT2D eigenvalue weighted by molar-refractivity contribution is -0.136. The summed E-state index contributed by atoms with van der Waals surface area (Å²) < 4.78 is 12.3. The second-order valence-electron chi connectivity index (χ2n) is 5.81. The summed E-state index contributed by atoms with van der Waals surface area (Å²) in [7, 11) is 1.44. The molecule has 20 heavy (non-hydrogen) atoms. The van der Waals surface area contributed by atoms with Gasteiger partial charge < -0.3 is 9.47 Å². The van der Waals surface area contributed by atoms with E-state index in [4.69, 9.17) is 9.47 Å². The monoisotopic (exact) mass is 390 g/mol. The molecule has 0 bridgehead atoms. The topological polar surface area (TPSA) is 35.5 Å². The average molecular weight is 390 g/mol. The van der Waals surface area contributed by atoms with Gasteiger partial charge in [-0.3, -0.25) is 0 Å². The van der Waals surface area contributed by atoms with Gasteiger partial charge in [-0.15, -0.1) is 0 Å². The molecule has 0 aromatic heterocycles. The Morgan fingerprint density at radius 3 is 2.50 bits per heavy atom. The fourth-order valence-electron chi connectivity index (χ4n) is 2.93. The van der Waals surface area contributed by atoms with Crippen LogP contribution in [0.1, 0.15) is 52.4 Å². The average Bonchev–Trinajstić information content (AvgIpc) is 2.92. The van der Waals surface area contributed by atoms with E-state index in [1.807, 2.05) is 0 Å². The van der Waals surface area contributed by atoms with Gasteiger partial charge in [-0.05, 0) is 48.3 Å². The molecular formula is C16H23IO3. The van der Waals surface area contributed by atoms with Crippen molar-refractivity contribution in [3.8, 4) is 0 Å². The van der Waals surface area contributed by atoms with Crippen molar-refractivity contribution in [3.63, 3.8) is 0 Å². The van der Waals surface area contributed by atoms with E-state index in [1.54, 1.807) is 0 Å². The maximum absolute atomic E-state index is 11.9. The molecule has 0 radical (unpaired) electrons. The maximum Gasteiger partial charge on any atom is 0.337 e. The highest BCUT2D eigenvalue weighted by molar-refractivity contribution is 14.1. The van der Waals surface area contributed by atoms with Crippen molar-refractivity contribution < 1.29 is 14.3 Å². The number of hydrogen-bond acceptors (Lipinski definition) is 3. The van der Waals surface area contributed by atoms with E-state index in [0.717, 1.165) is 11.3 Å². The zero-order chi connectivity index (χ0) is 14.7. The third kappa shape index (κ3) is 3.38. The first-order valence-corrected chi connectivity index (χ1v) is 8.48. The summed E-state index contributed by atoms with van der Waals surface area (Å²) in [6, 6.07) is 0. The first kappa shape index (κ1) is 15.9. The third-order valence-electron chi connectivity index (χ3n) is 3.99. The van der Waals surface area contributed by atoms with Crippen LogP contribution in [0.5, 0.6) is 0 Å². The van der Waals surface area contributed by atoms with Gasteiger partial charge >= 0.3 is 5.97 Å². The fraction of sp³-hybridized carbons (Fsp3) is 0.688. The molecule has 3 nitrogen and oxygen atoms in total. The van der Waals surface area contributed by atoms with Gasteiger partial charge in [0.2, 0.25) is 0 Å². The molecule has 1 unspecified atom stereocenters. The summed E-state index contributed by atoms with van der Waals surface area (Å²) in [5.41, 5.74) is 2.24. The summed E-state index contributed by atoms with van der Waals surface area (Å²) in [6.45, 7) is 4.11. The van der Waals surface area contributed by atoms with Gasteiger partial charge in [0.25, 0.3) is 0 Å². The Labute approximate surface area is 134 Å². The van der Waals surface area contributed by atoms with E-state index < -0.39 is 0 Å².